The van der Waals surface area contributed by atoms with Crippen molar-refractivity contribution in [2.45, 2.75) is 18.4 Å². The van der Waals surface area contributed by atoms with E-state index in [0.717, 1.165) is 25.1 Å². The van der Waals surface area contributed by atoms with Crippen molar-refractivity contribution in [3.05, 3.63) is 70.8 Å². The molecule has 0 aromatic heterocycles. The van der Waals surface area contributed by atoms with Gasteiger partial charge < -0.3 is 10.4 Å². The number of hydrogen-bond acceptors (Lipinski definition) is 2. The molecule has 3 rings (SSSR count). The highest BCUT2D eigenvalue weighted by Gasteiger charge is 2.24. The summed E-state index contributed by atoms with van der Waals surface area (Å²) >= 11 is 0. The van der Waals surface area contributed by atoms with Gasteiger partial charge in [0.2, 0.25) is 0 Å². The van der Waals surface area contributed by atoms with Gasteiger partial charge in [-0.1, -0.05) is 30.3 Å². The molecular formula is C17H17F2NO. The average molecular weight is 289 g/mol. The van der Waals surface area contributed by atoms with E-state index in [4.69, 9.17) is 0 Å². The molecule has 0 fully saturated rings. The molecule has 2 aromatic carbocycles. The molecule has 0 radical (unpaired) electrons. The van der Waals surface area contributed by atoms with Crippen LogP contribution in [0.5, 0.6) is 0 Å². The number of nitrogens with one attached hydrogen (secondary N) is 1. The second kappa shape index (κ2) is 5.92. The Balaban J connectivity index is 1.51. The van der Waals surface area contributed by atoms with Gasteiger partial charge in [0.1, 0.15) is 0 Å². The maximum atomic E-state index is 13.1. The van der Waals surface area contributed by atoms with Gasteiger partial charge in [0.25, 0.3) is 0 Å². The van der Waals surface area contributed by atoms with Gasteiger partial charge in [-0.25, -0.2) is 8.78 Å². The zero-order chi connectivity index (χ0) is 14.8. The summed E-state index contributed by atoms with van der Waals surface area (Å²) in [6, 6.07) is 11.8. The first-order valence-electron chi connectivity index (χ1n) is 7.06. The Morgan fingerprint density at radius 3 is 2.71 bits per heavy atom. The predicted molar refractivity (Wildman–Crippen MR) is 77.1 cm³/mol. The standard InChI is InChI=1S/C17H17F2NO/c18-15-6-5-12(8-16(15)19)17(21)10-20-9-13-7-11-3-1-2-4-14(11)13/h1-6,8,13,17,20-21H,7,9-10H2. The molecule has 0 aliphatic heterocycles. The van der Waals surface area contributed by atoms with Crippen LogP contribution < -0.4 is 5.32 Å². The molecule has 2 unspecified atom stereocenters. The van der Waals surface area contributed by atoms with E-state index in [1.165, 1.54) is 17.2 Å². The third-order valence-electron chi connectivity index (χ3n) is 4.02. The molecule has 0 bridgehead atoms. The zero-order valence-corrected chi connectivity index (χ0v) is 11.5. The summed E-state index contributed by atoms with van der Waals surface area (Å²) in [4.78, 5) is 0. The van der Waals surface area contributed by atoms with Crippen molar-refractivity contribution in [1.29, 1.82) is 0 Å². The Kier molecular flexibility index (Phi) is 3.99. The Morgan fingerprint density at radius 2 is 1.95 bits per heavy atom. The molecule has 0 spiro atoms. The lowest BCUT2D eigenvalue weighted by atomic mass is 9.77. The van der Waals surface area contributed by atoms with Gasteiger partial charge in [0, 0.05) is 19.0 Å². The van der Waals surface area contributed by atoms with Crippen LogP contribution in [-0.2, 0) is 6.42 Å². The van der Waals surface area contributed by atoms with E-state index >= 15 is 0 Å². The average Bonchev–Trinajstić information content (AvgIpc) is 2.46. The van der Waals surface area contributed by atoms with Crippen LogP contribution in [0.15, 0.2) is 42.5 Å². The Bertz CT molecular complexity index is 644. The van der Waals surface area contributed by atoms with E-state index in [1.807, 2.05) is 12.1 Å². The van der Waals surface area contributed by atoms with Crippen LogP contribution in [0.25, 0.3) is 0 Å². The maximum Gasteiger partial charge on any atom is 0.159 e. The SMILES string of the molecule is OC(CNCC1Cc2ccccc21)c1ccc(F)c(F)c1. The lowest BCUT2D eigenvalue weighted by molar-refractivity contribution is 0.173. The summed E-state index contributed by atoms with van der Waals surface area (Å²) in [5.41, 5.74) is 3.12. The summed E-state index contributed by atoms with van der Waals surface area (Å²) in [5, 5.41) is 13.2. The number of aliphatic hydroxyl groups is 1. The second-order valence-electron chi connectivity index (χ2n) is 5.45. The number of benzene rings is 2. The zero-order valence-electron chi connectivity index (χ0n) is 11.5. The Labute approximate surface area is 122 Å². The quantitative estimate of drug-likeness (QED) is 0.887. The molecule has 4 heteroatoms. The van der Waals surface area contributed by atoms with E-state index < -0.39 is 17.7 Å². The Morgan fingerprint density at radius 1 is 1.14 bits per heavy atom. The van der Waals surface area contributed by atoms with Crippen molar-refractivity contribution in [2.75, 3.05) is 13.1 Å². The molecule has 2 N–H and O–H groups in total. The monoisotopic (exact) mass is 289 g/mol. The number of rotatable bonds is 5. The summed E-state index contributed by atoms with van der Waals surface area (Å²) < 4.78 is 26.0. The minimum atomic E-state index is -0.931. The van der Waals surface area contributed by atoms with Crippen molar-refractivity contribution < 1.29 is 13.9 Å². The lowest BCUT2D eigenvalue weighted by Gasteiger charge is -2.30. The third kappa shape index (κ3) is 2.96. The fraction of sp³-hybridized carbons (Fsp3) is 0.294. The summed E-state index contributed by atoms with van der Waals surface area (Å²) in [6.07, 6.45) is 0.209. The number of aliphatic hydroxyl groups excluding tert-OH is 1. The normalized spacial score (nSPS) is 18.0. The van der Waals surface area contributed by atoms with E-state index in [2.05, 4.69) is 17.4 Å². The van der Waals surface area contributed by atoms with Crippen LogP contribution in [0.3, 0.4) is 0 Å². The number of halogens is 2. The van der Waals surface area contributed by atoms with Gasteiger partial charge in [-0.3, -0.25) is 0 Å². The molecule has 0 saturated heterocycles. The first-order chi connectivity index (χ1) is 10.1. The fourth-order valence-corrected chi connectivity index (χ4v) is 2.78. The van der Waals surface area contributed by atoms with Crippen LogP contribution in [0, 0.1) is 11.6 Å². The number of fused-ring (bicyclic) bond motifs is 1. The van der Waals surface area contributed by atoms with Crippen molar-refractivity contribution in [3.8, 4) is 0 Å². The van der Waals surface area contributed by atoms with Gasteiger partial charge in [-0.2, -0.15) is 0 Å². The third-order valence-corrected chi connectivity index (χ3v) is 4.02. The first kappa shape index (κ1) is 14.2. The molecule has 2 atom stereocenters. The Hall–Kier alpha value is -1.78. The van der Waals surface area contributed by atoms with Crippen molar-refractivity contribution in [1.82, 2.24) is 5.32 Å². The second-order valence-corrected chi connectivity index (χ2v) is 5.45. The molecule has 0 amide bonds. The van der Waals surface area contributed by atoms with Crippen LogP contribution in [0.2, 0.25) is 0 Å². The predicted octanol–water partition coefficient (Wildman–Crippen LogP) is 2.93. The molecule has 1 aliphatic rings. The molecule has 21 heavy (non-hydrogen) atoms. The maximum absolute atomic E-state index is 13.1. The fourth-order valence-electron chi connectivity index (χ4n) is 2.78. The van der Waals surface area contributed by atoms with Crippen molar-refractivity contribution in [3.63, 3.8) is 0 Å². The highest BCUT2D eigenvalue weighted by atomic mass is 19.2. The van der Waals surface area contributed by atoms with Crippen molar-refractivity contribution in [2.24, 2.45) is 0 Å². The summed E-state index contributed by atoms with van der Waals surface area (Å²) in [5.74, 6) is -1.36. The minimum Gasteiger partial charge on any atom is -0.387 e. The smallest absolute Gasteiger partial charge is 0.159 e. The van der Waals surface area contributed by atoms with Crippen molar-refractivity contribution >= 4 is 0 Å². The molecule has 0 saturated carbocycles. The van der Waals surface area contributed by atoms with E-state index in [-0.39, 0.29) is 0 Å². The highest BCUT2D eigenvalue weighted by Crippen LogP contribution is 2.34. The van der Waals surface area contributed by atoms with E-state index in [9.17, 15) is 13.9 Å². The van der Waals surface area contributed by atoms with E-state index in [1.54, 1.807) is 0 Å². The van der Waals surface area contributed by atoms with Crippen LogP contribution in [0.4, 0.5) is 8.78 Å². The lowest BCUT2D eigenvalue weighted by Crippen LogP contribution is -2.31. The number of hydrogen-bond donors (Lipinski definition) is 2. The first-order valence-corrected chi connectivity index (χ1v) is 7.06. The highest BCUT2D eigenvalue weighted by molar-refractivity contribution is 5.40. The van der Waals surface area contributed by atoms with E-state index in [0.29, 0.717) is 18.0 Å². The molecule has 1 aliphatic carbocycles. The van der Waals surface area contributed by atoms with Crippen LogP contribution >= 0.6 is 0 Å². The summed E-state index contributed by atoms with van der Waals surface area (Å²) in [7, 11) is 0. The minimum absolute atomic E-state index is 0.323. The van der Waals surface area contributed by atoms with Crippen LogP contribution in [0.1, 0.15) is 28.7 Å². The van der Waals surface area contributed by atoms with Gasteiger partial charge in [-0.15, -0.1) is 0 Å². The molecule has 2 nitrogen and oxygen atoms in total. The topological polar surface area (TPSA) is 32.3 Å². The van der Waals surface area contributed by atoms with Crippen LogP contribution in [-0.4, -0.2) is 18.2 Å². The van der Waals surface area contributed by atoms with Gasteiger partial charge in [-0.05, 0) is 35.2 Å². The molecular weight excluding hydrogens is 272 g/mol. The molecule has 110 valence electrons. The molecule has 2 aromatic rings. The molecule has 0 heterocycles. The van der Waals surface area contributed by atoms with Gasteiger partial charge >= 0.3 is 0 Å². The van der Waals surface area contributed by atoms with Gasteiger partial charge in [0.05, 0.1) is 6.10 Å². The van der Waals surface area contributed by atoms with Gasteiger partial charge in [0.15, 0.2) is 11.6 Å². The largest absolute Gasteiger partial charge is 0.387 e. The summed E-state index contributed by atoms with van der Waals surface area (Å²) in [6.45, 7) is 1.10.